The lowest BCUT2D eigenvalue weighted by Gasteiger charge is -2.07. The molecule has 2 aromatic heterocycles. The van der Waals surface area contributed by atoms with Crippen molar-refractivity contribution < 1.29 is 4.79 Å². The molecule has 0 aliphatic rings. The van der Waals surface area contributed by atoms with E-state index in [0.29, 0.717) is 6.54 Å². The van der Waals surface area contributed by atoms with Crippen molar-refractivity contribution >= 4 is 29.1 Å². The molecule has 0 aliphatic heterocycles. The fourth-order valence-corrected chi connectivity index (χ4v) is 1.85. The van der Waals surface area contributed by atoms with E-state index in [-0.39, 0.29) is 21.8 Å². The number of nitrogens with zero attached hydrogens (tertiary/aromatic N) is 2. The molecular formula is C12H11Cl2N3O. The van der Waals surface area contributed by atoms with Gasteiger partial charge in [0.15, 0.2) is 0 Å². The third-order valence-electron chi connectivity index (χ3n) is 2.51. The van der Waals surface area contributed by atoms with Crippen LogP contribution in [0.25, 0.3) is 0 Å². The van der Waals surface area contributed by atoms with Gasteiger partial charge in [-0.3, -0.25) is 4.79 Å². The largest absolute Gasteiger partial charge is 0.353 e. The van der Waals surface area contributed by atoms with E-state index in [1.165, 1.54) is 6.07 Å². The van der Waals surface area contributed by atoms with Crippen molar-refractivity contribution in [1.29, 1.82) is 0 Å². The van der Waals surface area contributed by atoms with E-state index in [0.717, 1.165) is 5.69 Å². The molecule has 0 aliphatic carbocycles. The summed E-state index contributed by atoms with van der Waals surface area (Å²) in [6, 6.07) is 6.92. The molecule has 6 heteroatoms. The second-order valence-corrected chi connectivity index (χ2v) is 4.55. The van der Waals surface area contributed by atoms with Crippen LogP contribution >= 0.6 is 23.2 Å². The number of rotatable bonds is 3. The Balaban J connectivity index is 2.08. The van der Waals surface area contributed by atoms with Crippen molar-refractivity contribution in [3.05, 3.63) is 52.0 Å². The van der Waals surface area contributed by atoms with Gasteiger partial charge < -0.3 is 9.88 Å². The number of pyridine rings is 1. The summed E-state index contributed by atoms with van der Waals surface area (Å²) in [4.78, 5) is 15.8. The van der Waals surface area contributed by atoms with E-state index in [9.17, 15) is 4.79 Å². The Morgan fingerprint density at radius 2 is 2.17 bits per heavy atom. The van der Waals surface area contributed by atoms with Gasteiger partial charge in [-0.15, -0.1) is 0 Å². The summed E-state index contributed by atoms with van der Waals surface area (Å²) < 4.78 is 1.92. The topological polar surface area (TPSA) is 46.9 Å². The first-order chi connectivity index (χ1) is 8.58. The van der Waals surface area contributed by atoms with E-state index < -0.39 is 0 Å². The van der Waals surface area contributed by atoms with Crippen LogP contribution < -0.4 is 5.32 Å². The van der Waals surface area contributed by atoms with Gasteiger partial charge in [0.05, 0.1) is 11.6 Å². The first-order valence-electron chi connectivity index (χ1n) is 5.28. The highest BCUT2D eigenvalue weighted by molar-refractivity contribution is 6.34. The average molecular weight is 284 g/mol. The summed E-state index contributed by atoms with van der Waals surface area (Å²) in [6.45, 7) is 0.410. The number of nitrogens with one attached hydrogen (secondary N) is 1. The fraction of sp³-hybridized carbons (Fsp3) is 0.167. The minimum absolute atomic E-state index is 0.137. The molecule has 0 fully saturated rings. The maximum absolute atomic E-state index is 11.9. The second kappa shape index (κ2) is 5.42. The molecule has 0 radical (unpaired) electrons. The Bertz CT molecular complexity index is 580. The lowest BCUT2D eigenvalue weighted by Crippen LogP contribution is -2.25. The molecular weight excluding hydrogens is 273 g/mol. The molecule has 0 saturated carbocycles. The standard InChI is InChI=1S/C12H11Cl2N3O/c1-17-6-2-3-8(17)7-15-12(18)11-9(13)4-5-10(14)16-11/h2-6H,7H2,1H3,(H,15,18). The third kappa shape index (κ3) is 2.83. The first kappa shape index (κ1) is 12.9. The Morgan fingerprint density at radius 1 is 1.39 bits per heavy atom. The molecule has 1 amide bonds. The van der Waals surface area contributed by atoms with Crippen LogP contribution in [-0.2, 0) is 13.6 Å². The monoisotopic (exact) mass is 283 g/mol. The Hall–Kier alpha value is -1.52. The van der Waals surface area contributed by atoms with Crippen LogP contribution in [0.4, 0.5) is 0 Å². The van der Waals surface area contributed by atoms with Gasteiger partial charge in [-0.2, -0.15) is 0 Å². The molecule has 94 valence electrons. The van der Waals surface area contributed by atoms with Crippen LogP contribution in [0.2, 0.25) is 10.2 Å². The predicted octanol–water partition coefficient (Wildman–Crippen LogP) is 2.66. The van der Waals surface area contributed by atoms with Crippen molar-refractivity contribution in [3.63, 3.8) is 0 Å². The molecule has 0 aromatic carbocycles. The van der Waals surface area contributed by atoms with Gasteiger partial charge in [0.1, 0.15) is 10.8 Å². The SMILES string of the molecule is Cn1cccc1CNC(=O)c1nc(Cl)ccc1Cl. The zero-order valence-electron chi connectivity index (χ0n) is 9.65. The summed E-state index contributed by atoms with van der Waals surface area (Å²) in [7, 11) is 1.91. The number of carbonyl (C=O) groups is 1. The van der Waals surface area contributed by atoms with Crippen molar-refractivity contribution in [3.8, 4) is 0 Å². The number of aryl methyl sites for hydroxylation is 1. The lowest BCUT2D eigenvalue weighted by molar-refractivity contribution is 0.0945. The molecule has 1 N–H and O–H groups in total. The highest BCUT2D eigenvalue weighted by Crippen LogP contribution is 2.16. The summed E-state index contributed by atoms with van der Waals surface area (Å²) in [5.74, 6) is -0.344. The summed E-state index contributed by atoms with van der Waals surface area (Å²) in [5.41, 5.74) is 1.12. The van der Waals surface area contributed by atoms with Gasteiger partial charge in [-0.1, -0.05) is 23.2 Å². The van der Waals surface area contributed by atoms with Crippen LogP contribution in [-0.4, -0.2) is 15.5 Å². The molecule has 2 rings (SSSR count). The average Bonchev–Trinajstić information content (AvgIpc) is 2.75. The zero-order chi connectivity index (χ0) is 13.1. The van der Waals surface area contributed by atoms with Crippen LogP contribution in [0.1, 0.15) is 16.2 Å². The Labute approximate surface area is 115 Å². The summed E-state index contributed by atoms with van der Waals surface area (Å²) >= 11 is 11.6. The second-order valence-electron chi connectivity index (χ2n) is 3.76. The van der Waals surface area contributed by atoms with Gasteiger partial charge in [-0.05, 0) is 24.3 Å². The van der Waals surface area contributed by atoms with Gasteiger partial charge in [-0.25, -0.2) is 4.98 Å². The van der Waals surface area contributed by atoms with Crippen molar-refractivity contribution in [2.75, 3.05) is 0 Å². The maximum Gasteiger partial charge on any atom is 0.271 e. The number of halogens is 2. The van der Waals surface area contributed by atoms with E-state index >= 15 is 0 Å². The Kier molecular flexibility index (Phi) is 3.89. The summed E-state index contributed by atoms with van der Waals surface area (Å²) in [6.07, 6.45) is 1.91. The van der Waals surface area contributed by atoms with E-state index in [1.54, 1.807) is 6.07 Å². The highest BCUT2D eigenvalue weighted by atomic mass is 35.5. The number of hydrogen-bond acceptors (Lipinski definition) is 2. The minimum Gasteiger partial charge on any atom is -0.353 e. The van der Waals surface area contributed by atoms with Gasteiger partial charge in [0.25, 0.3) is 5.91 Å². The molecule has 18 heavy (non-hydrogen) atoms. The smallest absolute Gasteiger partial charge is 0.271 e. The van der Waals surface area contributed by atoms with Crippen LogP contribution in [0.15, 0.2) is 30.5 Å². The van der Waals surface area contributed by atoms with Crippen LogP contribution in [0.3, 0.4) is 0 Å². The van der Waals surface area contributed by atoms with Gasteiger partial charge in [0.2, 0.25) is 0 Å². The number of amides is 1. The van der Waals surface area contributed by atoms with E-state index in [1.807, 2.05) is 29.9 Å². The van der Waals surface area contributed by atoms with Gasteiger partial charge >= 0.3 is 0 Å². The summed E-state index contributed by atoms with van der Waals surface area (Å²) in [5, 5.41) is 3.27. The molecule has 0 bridgehead atoms. The number of aromatic nitrogens is 2. The molecule has 0 saturated heterocycles. The quantitative estimate of drug-likeness (QED) is 0.881. The zero-order valence-corrected chi connectivity index (χ0v) is 11.2. The molecule has 0 atom stereocenters. The molecule has 0 unspecified atom stereocenters. The lowest BCUT2D eigenvalue weighted by atomic mass is 10.3. The third-order valence-corrected chi connectivity index (χ3v) is 3.02. The number of carbonyl (C=O) groups excluding carboxylic acids is 1. The van der Waals surface area contributed by atoms with Crippen molar-refractivity contribution in [1.82, 2.24) is 14.9 Å². The first-order valence-corrected chi connectivity index (χ1v) is 6.04. The molecule has 2 aromatic rings. The van der Waals surface area contributed by atoms with Gasteiger partial charge in [0, 0.05) is 18.9 Å². The normalized spacial score (nSPS) is 10.4. The molecule has 0 spiro atoms. The maximum atomic E-state index is 11.9. The Morgan fingerprint density at radius 3 is 2.83 bits per heavy atom. The van der Waals surface area contributed by atoms with Crippen LogP contribution in [0.5, 0.6) is 0 Å². The minimum atomic E-state index is -0.344. The molecule has 2 heterocycles. The molecule has 4 nitrogen and oxygen atoms in total. The van der Waals surface area contributed by atoms with Crippen LogP contribution in [0, 0.1) is 0 Å². The highest BCUT2D eigenvalue weighted by Gasteiger charge is 2.12. The van der Waals surface area contributed by atoms with E-state index in [4.69, 9.17) is 23.2 Å². The van der Waals surface area contributed by atoms with Crippen molar-refractivity contribution in [2.24, 2.45) is 7.05 Å². The van der Waals surface area contributed by atoms with Crippen molar-refractivity contribution in [2.45, 2.75) is 6.54 Å². The van der Waals surface area contributed by atoms with E-state index in [2.05, 4.69) is 10.3 Å². The number of hydrogen-bond donors (Lipinski definition) is 1. The fourth-order valence-electron chi connectivity index (χ4n) is 1.51. The predicted molar refractivity (Wildman–Crippen MR) is 70.8 cm³/mol.